The molecular formula is C10H13BrN2O5. The third-order valence-electron chi connectivity index (χ3n) is 2.99. The first kappa shape index (κ1) is 13.6. The lowest BCUT2D eigenvalue weighted by Crippen LogP contribution is -2.46. The van der Waals surface area contributed by atoms with Crippen molar-refractivity contribution in [3.8, 4) is 0 Å². The summed E-state index contributed by atoms with van der Waals surface area (Å²) in [5.41, 5.74) is -2.16. The Hall–Kier alpha value is -0.800. The van der Waals surface area contributed by atoms with Gasteiger partial charge in [0.1, 0.15) is 22.4 Å². The number of nitrogens with zero attached hydrogens (tertiary/aromatic N) is 2. The third kappa shape index (κ3) is 2.10. The van der Waals surface area contributed by atoms with E-state index in [1.54, 1.807) is 0 Å². The minimum Gasteiger partial charge on any atom is -0.394 e. The molecule has 1 saturated heterocycles. The van der Waals surface area contributed by atoms with E-state index < -0.39 is 36.2 Å². The topological polar surface area (TPSA) is 105 Å². The van der Waals surface area contributed by atoms with Gasteiger partial charge in [-0.1, -0.05) is 0 Å². The zero-order valence-corrected chi connectivity index (χ0v) is 11.1. The van der Waals surface area contributed by atoms with E-state index in [0.717, 1.165) is 10.8 Å². The van der Waals surface area contributed by atoms with Crippen LogP contribution in [0.1, 0.15) is 13.2 Å². The molecule has 18 heavy (non-hydrogen) atoms. The predicted molar refractivity (Wildman–Crippen MR) is 63.8 cm³/mol. The summed E-state index contributed by atoms with van der Waals surface area (Å²) < 4.78 is 6.84. The number of hydrogen-bond acceptors (Lipinski definition) is 6. The van der Waals surface area contributed by atoms with Crippen LogP contribution in [0.3, 0.4) is 0 Å². The van der Waals surface area contributed by atoms with Gasteiger partial charge in [0.2, 0.25) is 0 Å². The number of rotatable bonds is 2. The first-order valence-corrected chi connectivity index (χ1v) is 6.07. The van der Waals surface area contributed by atoms with Crippen molar-refractivity contribution in [2.24, 2.45) is 0 Å². The van der Waals surface area contributed by atoms with Crippen molar-refractivity contribution in [1.82, 2.24) is 9.55 Å². The van der Waals surface area contributed by atoms with Crippen LogP contribution in [-0.2, 0) is 4.74 Å². The zero-order chi connectivity index (χ0) is 13.5. The van der Waals surface area contributed by atoms with Gasteiger partial charge in [0.05, 0.1) is 12.8 Å². The summed E-state index contributed by atoms with van der Waals surface area (Å²) >= 11 is 3.11. The van der Waals surface area contributed by atoms with Gasteiger partial charge in [0.25, 0.3) is 5.56 Å². The Morgan fingerprint density at radius 3 is 2.89 bits per heavy atom. The summed E-state index contributed by atoms with van der Waals surface area (Å²) in [6.45, 7) is 0.896. The van der Waals surface area contributed by atoms with Crippen molar-refractivity contribution < 1.29 is 20.1 Å². The Balaban J connectivity index is 2.45. The van der Waals surface area contributed by atoms with Crippen molar-refractivity contribution in [1.29, 1.82) is 0 Å². The van der Waals surface area contributed by atoms with E-state index in [1.165, 1.54) is 13.1 Å². The maximum Gasteiger partial charge on any atom is 0.271 e. The second-order valence-corrected chi connectivity index (χ2v) is 5.15. The quantitative estimate of drug-likeness (QED) is 0.646. The monoisotopic (exact) mass is 320 g/mol. The van der Waals surface area contributed by atoms with Crippen molar-refractivity contribution in [2.45, 2.75) is 31.0 Å². The standard InChI is InChI=1S/C10H13BrN2O5/c1-10(17)8(16)5(4-14)18-9(10)13-3-6(11)12-2-7(13)15/h2-3,5,8-9,14,16-17H,4H2,1H3/t5-,8-,9-,10-/m1/s1. The highest BCUT2D eigenvalue weighted by Gasteiger charge is 2.53. The molecule has 1 aromatic rings. The van der Waals surface area contributed by atoms with Gasteiger partial charge >= 0.3 is 0 Å². The minimum atomic E-state index is -1.68. The molecule has 0 radical (unpaired) electrons. The van der Waals surface area contributed by atoms with Crippen LogP contribution in [0.5, 0.6) is 0 Å². The Morgan fingerprint density at radius 2 is 2.33 bits per heavy atom. The first-order chi connectivity index (χ1) is 8.37. The number of aliphatic hydroxyl groups excluding tert-OH is 2. The number of halogens is 1. The van der Waals surface area contributed by atoms with Gasteiger partial charge in [0, 0.05) is 6.20 Å². The molecular weight excluding hydrogens is 308 g/mol. The van der Waals surface area contributed by atoms with E-state index in [4.69, 9.17) is 9.84 Å². The molecule has 1 fully saturated rings. The Morgan fingerprint density at radius 1 is 1.67 bits per heavy atom. The van der Waals surface area contributed by atoms with Gasteiger partial charge in [-0.05, 0) is 22.9 Å². The average Bonchev–Trinajstić information content (AvgIpc) is 2.54. The van der Waals surface area contributed by atoms with Gasteiger partial charge in [0.15, 0.2) is 6.23 Å². The first-order valence-electron chi connectivity index (χ1n) is 5.28. The third-order valence-corrected chi connectivity index (χ3v) is 3.40. The highest BCUT2D eigenvalue weighted by Crippen LogP contribution is 2.37. The maximum atomic E-state index is 11.7. The molecule has 8 heteroatoms. The summed E-state index contributed by atoms with van der Waals surface area (Å²) in [5, 5.41) is 29.1. The zero-order valence-electron chi connectivity index (χ0n) is 9.52. The smallest absolute Gasteiger partial charge is 0.271 e. The summed E-state index contributed by atoms with van der Waals surface area (Å²) in [7, 11) is 0. The Bertz CT molecular complexity index is 503. The molecule has 2 rings (SSSR count). The highest BCUT2D eigenvalue weighted by atomic mass is 79.9. The number of aliphatic hydroxyl groups is 3. The van der Waals surface area contributed by atoms with E-state index >= 15 is 0 Å². The molecule has 0 spiro atoms. The highest BCUT2D eigenvalue weighted by molar-refractivity contribution is 9.10. The molecule has 0 aliphatic carbocycles. The molecule has 0 saturated carbocycles. The summed E-state index contributed by atoms with van der Waals surface area (Å²) in [5.74, 6) is 0. The van der Waals surface area contributed by atoms with Crippen LogP contribution in [0.2, 0.25) is 0 Å². The molecule has 100 valence electrons. The predicted octanol–water partition coefficient (Wildman–Crippen LogP) is -0.993. The second-order valence-electron chi connectivity index (χ2n) is 4.34. The fourth-order valence-electron chi connectivity index (χ4n) is 1.97. The largest absolute Gasteiger partial charge is 0.394 e. The molecule has 4 atom stereocenters. The van der Waals surface area contributed by atoms with Crippen LogP contribution >= 0.6 is 15.9 Å². The summed E-state index contributed by atoms with van der Waals surface area (Å²) in [6.07, 6.45) is -0.887. The van der Waals surface area contributed by atoms with Crippen LogP contribution in [0.4, 0.5) is 0 Å². The molecule has 1 aliphatic rings. The van der Waals surface area contributed by atoms with Crippen LogP contribution in [0, 0.1) is 0 Å². The maximum absolute atomic E-state index is 11.7. The van der Waals surface area contributed by atoms with Crippen LogP contribution in [0.25, 0.3) is 0 Å². The summed E-state index contributed by atoms with van der Waals surface area (Å²) in [4.78, 5) is 15.4. The van der Waals surface area contributed by atoms with E-state index in [1.807, 2.05) is 0 Å². The van der Waals surface area contributed by atoms with Crippen molar-refractivity contribution in [3.05, 3.63) is 27.4 Å². The molecule has 0 bridgehead atoms. The molecule has 1 aliphatic heterocycles. The van der Waals surface area contributed by atoms with Crippen molar-refractivity contribution in [2.75, 3.05) is 6.61 Å². The SMILES string of the molecule is C[C@@]1(O)[C@H](O)[C@@H](CO)O[C@H]1n1cc(Br)ncc1=O. The molecule has 0 aromatic carbocycles. The molecule has 0 amide bonds. The fraction of sp³-hybridized carbons (Fsp3) is 0.600. The molecule has 3 N–H and O–H groups in total. The van der Waals surface area contributed by atoms with Gasteiger partial charge < -0.3 is 20.1 Å². The van der Waals surface area contributed by atoms with Gasteiger partial charge in [-0.15, -0.1) is 0 Å². The molecule has 0 unspecified atom stereocenters. The lowest BCUT2D eigenvalue weighted by Gasteiger charge is -2.27. The second kappa shape index (κ2) is 4.71. The van der Waals surface area contributed by atoms with Crippen LogP contribution in [-0.4, -0.2) is 49.3 Å². The van der Waals surface area contributed by atoms with Gasteiger partial charge in [-0.3, -0.25) is 9.36 Å². The number of aromatic nitrogens is 2. The minimum absolute atomic E-state index is 0.392. The molecule has 2 heterocycles. The molecule has 1 aromatic heterocycles. The molecule has 7 nitrogen and oxygen atoms in total. The van der Waals surface area contributed by atoms with Crippen molar-refractivity contribution in [3.63, 3.8) is 0 Å². The number of ether oxygens (including phenoxy) is 1. The van der Waals surface area contributed by atoms with E-state index in [0.29, 0.717) is 4.60 Å². The normalized spacial score (nSPS) is 35.9. The van der Waals surface area contributed by atoms with Gasteiger partial charge in [-0.2, -0.15) is 0 Å². The summed E-state index contributed by atoms with van der Waals surface area (Å²) in [6, 6.07) is 0. The van der Waals surface area contributed by atoms with E-state index in [-0.39, 0.29) is 0 Å². The van der Waals surface area contributed by atoms with Gasteiger partial charge in [-0.25, -0.2) is 4.98 Å². The lowest BCUT2D eigenvalue weighted by atomic mass is 9.96. The number of hydrogen-bond donors (Lipinski definition) is 3. The average molecular weight is 321 g/mol. The Kier molecular flexibility index (Phi) is 3.56. The Labute approximate surface area is 111 Å². The van der Waals surface area contributed by atoms with Crippen LogP contribution < -0.4 is 5.56 Å². The van der Waals surface area contributed by atoms with E-state index in [2.05, 4.69) is 20.9 Å². The van der Waals surface area contributed by atoms with Crippen LogP contribution in [0.15, 0.2) is 21.8 Å². The fourth-order valence-corrected chi connectivity index (χ4v) is 2.29. The lowest BCUT2D eigenvalue weighted by molar-refractivity contribution is -0.0983. The van der Waals surface area contributed by atoms with E-state index in [9.17, 15) is 15.0 Å². The van der Waals surface area contributed by atoms with Crippen molar-refractivity contribution >= 4 is 15.9 Å².